The predicted octanol–water partition coefficient (Wildman–Crippen LogP) is 3.82. The predicted molar refractivity (Wildman–Crippen MR) is 111 cm³/mol. The molecule has 0 atom stereocenters. The second-order valence-electron chi connectivity index (χ2n) is 6.09. The average molecular weight is 390 g/mol. The molecule has 2 aromatic carbocycles. The van der Waals surface area contributed by atoms with Crippen molar-refractivity contribution in [2.24, 2.45) is 0 Å². The third kappa shape index (κ3) is 3.44. The molecule has 0 saturated carbocycles. The number of rotatable bonds is 6. The minimum absolute atomic E-state index is 0.231. The molecule has 0 N–H and O–H groups in total. The zero-order valence-corrected chi connectivity index (χ0v) is 16.1. The highest BCUT2D eigenvalue weighted by Gasteiger charge is 2.12. The Morgan fingerprint density at radius 2 is 1.96 bits per heavy atom. The smallest absolute Gasteiger partial charge is 0.300 e. The molecule has 6 nitrogen and oxygen atoms in total. The van der Waals surface area contributed by atoms with Gasteiger partial charge in [-0.05, 0) is 23.3 Å². The molecule has 0 bridgehead atoms. The molecule has 0 aliphatic carbocycles. The van der Waals surface area contributed by atoms with E-state index in [1.807, 2.05) is 36.4 Å². The lowest BCUT2D eigenvalue weighted by atomic mass is 10.1. The molecule has 2 aromatic heterocycles. The molecule has 0 radical (unpaired) electrons. The molecule has 28 heavy (non-hydrogen) atoms. The van der Waals surface area contributed by atoms with Crippen LogP contribution >= 0.6 is 11.8 Å². The van der Waals surface area contributed by atoms with Gasteiger partial charge in [0.25, 0.3) is 0 Å². The van der Waals surface area contributed by atoms with Crippen molar-refractivity contribution in [3.05, 3.63) is 89.0 Å². The topological polar surface area (TPSA) is 61.4 Å². The van der Waals surface area contributed by atoms with Crippen molar-refractivity contribution in [2.75, 3.05) is 7.11 Å². The van der Waals surface area contributed by atoms with E-state index < -0.39 is 0 Å². The van der Waals surface area contributed by atoms with Crippen LogP contribution in [0, 0.1) is 0 Å². The maximum absolute atomic E-state index is 12.9. The van der Waals surface area contributed by atoms with Gasteiger partial charge in [0.05, 0.1) is 12.8 Å². The SMILES string of the molecule is C=Cc1ccc(CSc2nnc3c(=O)n(-c4cccc(OC)c4)ccn23)cc1. The Hall–Kier alpha value is -3.32. The summed E-state index contributed by atoms with van der Waals surface area (Å²) in [4.78, 5) is 12.9. The van der Waals surface area contributed by atoms with Crippen LogP contribution in [0.25, 0.3) is 17.4 Å². The first-order chi connectivity index (χ1) is 13.7. The van der Waals surface area contributed by atoms with Crippen molar-refractivity contribution >= 4 is 23.5 Å². The van der Waals surface area contributed by atoms with E-state index in [2.05, 4.69) is 28.9 Å². The Balaban J connectivity index is 1.62. The van der Waals surface area contributed by atoms with Crippen molar-refractivity contribution in [3.63, 3.8) is 0 Å². The minimum Gasteiger partial charge on any atom is -0.497 e. The third-order valence-corrected chi connectivity index (χ3v) is 5.37. The summed E-state index contributed by atoms with van der Waals surface area (Å²) in [5.74, 6) is 1.42. The van der Waals surface area contributed by atoms with Crippen LogP contribution in [-0.2, 0) is 5.75 Å². The summed E-state index contributed by atoms with van der Waals surface area (Å²) in [6.45, 7) is 3.76. The van der Waals surface area contributed by atoms with Crippen LogP contribution in [0.15, 0.2) is 77.5 Å². The van der Waals surface area contributed by atoms with Crippen LogP contribution in [0.1, 0.15) is 11.1 Å². The lowest BCUT2D eigenvalue weighted by Gasteiger charge is -2.08. The number of nitrogens with zero attached hydrogens (tertiary/aromatic N) is 4. The van der Waals surface area contributed by atoms with Gasteiger partial charge >= 0.3 is 5.56 Å². The van der Waals surface area contributed by atoms with Crippen LogP contribution in [0.2, 0.25) is 0 Å². The van der Waals surface area contributed by atoms with E-state index in [1.54, 1.807) is 30.0 Å². The number of thioether (sulfide) groups is 1. The van der Waals surface area contributed by atoms with E-state index in [9.17, 15) is 4.79 Å². The van der Waals surface area contributed by atoms with Gasteiger partial charge in [-0.2, -0.15) is 0 Å². The molecule has 0 aliphatic rings. The van der Waals surface area contributed by atoms with E-state index in [0.717, 1.165) is 16.9 Å². The summed E-state index contributed by atoms with van der Waals surface area (Å²) < 4.78 is 8.50. The van der Waals surface area contributed by atoms with Gasteiger partial charge in [0.15, 0.2) is 5.16 Å². The fourth-order valence-corrected chi connectivity index (χ4v) is 3.70. The van der Waals surface area contributed by atoms with E-state index in [4.69, 9.17) is 4.74 Å². The summed E-state index contributed by atoms with van der Waals surface area (Å²) in [5, 5.41) is 8.97. The lowest BCUT2D eigenvalue weighted by molar-refractivity contribution is 0.414. The Labute approximate surface area is 166 Å². The van der Waals surface area contributed by atoms with Crippen molar-refractivity contribution in [1.82, 2.24) is 19.2 Å². The highest BCUT2D eigenvalue weighted by Crippen LogP contribution is 2.22. The summed E-state index contributed by atoms with van der Waals surface area (Å²) in [7, 11) is 1.60. The molecule has 0 spiro atoms. The fraction of sp³-hybridized carbons (Fsp3) is 0.0952. The van der Waals surface area contributed by atoms with E-state index in [-0.39, 0.29) is 11.2 Å². The van der Waals surface area contributed by atoms with Crippen LogP contribution in [0.5, 0.6) is 5.75 Å². The van der Waals surface area contributed by atoms with Gasteiger partial charge in [-0.25, -0.2) is 0 Å². The first kappa shape index (κ1) is 18.1. The fourth-order valence-electron chi connectivity index (χ4n) is 2.83. The molecule has 7 heteroatoms. The summed E-state index contributed by atoms with van der Waals surface area (Å²) in [6.07, 6.45) is 5.34. The van der Waals surface area contributed by atoms with Crippen LogP contribution in [0.3, 0.4) is 0 Å². The van der Waals surface area contributed by atoms with E-state index >= 15 is 0 Å². The first-order valence-corrected chi connectivity index (χ1v) is 9.63. The number of benzene rings is 2. The van der Waals surface area contributed by atoms with Crippen LogP contribution < -0.4 is 10.3 Å². The number of aromatic nitrogens is 4. The van der Waals surface area contributed by atoms with Crippen LogP contribution in [-0.4, -0.2) is 26.3 Å². The standard InChI is InChI=1S/C21H18N4O2S/c1-3-15-7-9-16(10-8-15)14-28-21-23-22-19-20(26)24(11-12-25(19)21)17-5-4-6-18(13-17)27-2/h3-13H,1,14H2,2H3. The molecule has 4 aromatic rings. The van der Waals surface area contributed by atoms with Gasteiger partial charge in [0.2, 0.25) is 5.65 Å². The largest absolute Gasteiger partial charge is 0.497 e. The molecule has 140 valence electrons. The quantitative estimate of drug-likeness (QED) is 0.468. The zero-order valence-electron chi connectivity index (χ0n) is 15.3. The molecular weight excluding hydrogens is 372 g/mol. The van der Waals surface area contributed by atoms with Gasteiger partial charge in [-0.1, -0.05) is 54.7 Å². The summed E-state index contributed by atoms with van der Waals surface area (Å²) in [5.41, 5.74) is 3.02. The number of fused-ring (bicyclic) bond motifs is 1. The number of ether oxygens (including phenoxy) is 1. The molecule has 4 rings (SSSR count). The average Bonchev–Trinajstić information content (AvgIpc) is 3.17. The minimum atomic E-state index is -0.231. The molecule has 0 saturated heterocycles. The van der Waals surface area contributed by atoms with Crippen molar-refractivity contribution in [3.8, 4) is 11.4 Å². The zero-order chi connectivity index (χ0) is 19.5. The van der Waals surface area contributed by atoms with Crippen molar-refractivity contribution in [1.29, 1.82) is 0 Å². The van der Waals surface area contributed by atoms with Gasteiger partial charge in [0, 0.05) is 24.2 Å². The lowest BCUT2D eigenvalue weighted by Crippen LogP contribution is -2.20. The molecule has 0 aliphatic heterocycles. The molecule has 0 fully saturated rings. The van der Waals surface area contributed by atoms with E-state index in [1.165, 1.54) is 16.3 Å². The Bertz CT molecular complexity index is 1200. The maximum Gasteiger partial charge on any atom is 0.300 e. The summed E-state index contributed by atoms with van der Waals surface area (Å²) in [6, 6.07) is 15.5. The Kier molecular flexibility index (Phi) is 4.99. The van der Waals surface area contributed by atoms with Gasteiger partial charge in [0.1, 0.15) is 5.75 Å². The first-order valence-electron chi connectivity index (χ1n) is 8.64. The molecule has 0 amide bonds. The second kappa shape index (κ2) is 7.74. The van der Waals surface area contributed by atoms with Crippen LogP contribution in [0.4, 0.5) is 0 Å². The molecular formula is C21H18N4O2S. The van der Waals surface area contributed by atoms with Crippen molar-refractivity contribution in [2.45, 2.75) is 10.9 Å². The van der Waals surface area contributed by atoms with Gasteiger partial charge < -0.3 is 4.74 Å². The maximum atomic E-state index is 12.9. The van der Waals surface area contributed by atoms with Gasteiger partial charge in [-0.3, -0.25) is 13.8 Å². The highest BCUT2D eigenvalue weighted by atomic mass is 32.2. The van der Waals surface area contributed by atoms with Gasteiger partial charge in [-0.15, -0.1) is 10.2 Å². The number of hydrogen-bond donors (Lipinski definition) is 0. The highest BCUT2D eigenvalue weighted by molar-refractivity contribution is 7.98. The normalized spacial score (nSPS) is 10.9. The Morgan fingerprint density at radius 1 is 1.14 bits per heavy atom. The monoisotopic (exact) mass is 390 g/mol. The second-order valence-corrected chi connectivity index (χ2v) is 7.03. The van der Waals surface area contributed by atoms with Crippen molar-refractivity contribution < 1.29 is 4.74 Å². The molecule has 0 unspecified atom stereocenters. The molecule has 2 heterocycles. The number of methoxy groups -OCH3 is 1. The summed E-state index contributed by atoms with van der Waals surface area (Å²) >= 11 is 1.53. The van der Waals surface area contributed by atoms with E-state index in [0.29, 0.717) is 16.6 Å². The number of hydrogen-bond acceptors (Lipinski definition) is 5. The Morgan fingerprint density at radius 3 is 2.71 bits per heavy atom. The third-order valence-electron chi connectivity index (χ3n) is 4.35.